The van der Waals surface area contributed by atoms with E-state index in [-0.39, 0.29) is 5.71 Å². The minimum absolute atomic E-state index is 0.195. The third-order valence-corrected chi connectivity index (χ3v) is 2.28. The number of carbonyl (C=O) groups excluding carboxylic acids is 1. The SMILES string of the molecule is CON=C(C(=O)OC)c1c(C)cccc1C. The fourth-order valence-corrected chi connectivity index (χ4v) is 1.56. The highest BCUT2D eigenvalue weighted by Crippen LogP contribution is 2.15. The van der Waals surface area contributed by atoms with Crippen molar-refractivity contribution in [1.29, 1.82) is 0 Å². The van der Waals surface area contributed by atoms with Gasteiger partial charge in [-0.15, -0.1) is 0 Å². The Morgan fingerprint density at radius 3 is 2.19 bits per heavy atom. The molecular formula is C12H15NO3. The predicted octanol–water partition coefficient (Wildman–Crippen LogP) is 1.83. The third-order valence-electron chi connectivity index (χ3n) is 2.28. The minimum Gasteiger partial charge on any atom is -0.464 e. The number of ether oxygens (including phenoxy) is 1. The largest absolute Gasteiger partial charge is 0.464 e. The maximum atomic E-state index is 11.6. The van der Waals surface area contributed by atoms with Crippen LogP contribution in [0.3, 0.4) is 0 Å². The zero-order valence-electron chi connectivity index (χ0n) is 9.90. The van der Waals surface area contributed by atoms with Gasteiger partial charge in [0.05, 0.1) is 7.11 Å². The first-order valence-electron chi connectivity index (χ1n) is 4.87. The van der Waals surface area contributed by atoms with Crippen LogP contribution in [0.1, 0.15) is 16.7 Å². The maximum absolute atomic E-state index is 11.6. The van der Waals surface area contributed by atoms with Crippen molar-refractivity contribution < 1.29 is 14.4 Å². The summed E-state index contributed by atoms with van der Waals surface area (Å²) >= 11 is 0. The highest BCUT2D eigenvalue weighted by molar-refractivity contribution is 6.43. The highest BCUT2D eigenvalue weighted by Gasteiger charge is 2.19. The van der Waals surface area contributed by atoms with Crippen LogP contribution in [0.5, 0.6) is 0 Å². The van der Waals surface area contributed by atoms with E-state index in [4.69, 9.17) is 0 Å². The molecule has 0 spiro atoms. The van der Waals surface area contributed by atoms with Crippen LogP contribution in [0.4, 0.5) is 0 Å². The number of nitrogens with zero attached hydrogens (tertiary/aromatic N) is 1. The molecule has 4 nitrogen and oxygen atoms in total. The van der Waals surface area contributed by atoms with Gasteiger partial charge >= 0.3 is 5.97 Å². The average molecular weight is 221 g/mol. The van der Waals surface area contributed by atoms with Crippen LogP contribution in [-0.4, -0.2) is 25.9 Å². The zero-order chi connectivity index (χ0) is 12.1. The first-order valence-corrected chi connectivity index (χ1v) is 4.87. The molecule has 1 aromatic carbocycles. The minimum atomic E-state index is -0.501. The van der Waals surface area contributed by atoms with Gasteiger partial charge in [0.25, 0.3) is 0 Å². The molecule has 0 fully saturated rings. The Morgan fingerprint density at radius 2 is 1.75 bits per heavy atom. The number of methoxy groups -OCH3 is 1. The van der Waals surface area contributed by atoms with Crippen LogP contribution in [-0.2, 0) is 14.4 Å². The molecule has 0 saturated carbocycles. The van der Waals surface area contributed by atoms with E-state index in [0.29, 0.717) is 0 Å². The molecule has 4 heteroatoms. The van der Waals surface area contributed by atoms with Gasteiger partial charge in [-0.05, 0) is 25.0 Å². The Kier molecular flexibility index (Phi) is 4.05. The quantitative estimate of drug-likeness (QED) is 0.444. The lowest BCUT2D eigenvalue weighted by Gasteiger charge is -2.09. The summed E-state index contributed by atoms with van der Waals surface area (Å²) in [6.45, 7) is 3.83. The van der Waals surface area contributed by atoms with Crippen LogP contribution < -0.4 is 0 Å². The molecule has 86 valence electrons. The summed E-state index contributed by atoms with van der Waals surface area (Å²) in [6, 6.07) is 5.75. The molecule has 0 aliphatic heterocycles. The van der Waals surface area contributed by atoms with Gasteiger partial charge in [0.15, 0.2) is 5.71 Å². The maximum Gasteiger partial charge on any atom is 0.360 e. The molecule has 0 radical (unpaired) electrons. The Labute approximate surface area is 94.9 Å². The van der Waals surface area contributed by atoms with Crippen molar-refractivity contribution in [2.45, 2.75) is 13.8 Å². The summed E-state index contributed by atoms with van der Waals surface area (Å²) in [7, 11) is 2.72. The van der Waals surface area contributed by atoms with E-state index in [2.05, 4.69) is 14.7 Å². The molecule has 0 N–H and O–H groups in total. The molecule has 0 amide bonds. The number of hydrogen-bond acceptors (Lipinski definition) is 4. The van der Waals surface area contributed by atoms with Gasteiger partial charge < -0.3 is 9.57 Å². The number of oxime groups is 1. The molecule has 16 heavy (non-hydrogen) atoms. The van der Waals surface area contributed by atoms with Crippen LogP contribution in [0.2, 0.25) is 0 Å². The van der Waals surface area contributed by atoms with Crippen LogP contribution >= 0.6 is 0 Å². The molecule has 0 bridgehead atoms. The lowest BCUT2D eigenvalue weighted by atomic mass is 9.99. The summed E-state index contributed by atoms with van der Waals surface area (Å²) in [6.07, 6.45) is 0. The number of benzene rings is 1. The lowest BCUT2D eigenvalue weighted by Crippen LogP contribution is -2.19. The van der Waals surface area contributed by atoms with Crippen molar-refractivity contribution >= 4 is 11.7 Å². The van der Waals surface area contributed by atoms with Crippen molar-refractivity contribution in [2.24, 2.45) is 5.16 Å². The summed E-state index contributed by atoms with van der Waals surface area (Å²) in [4.78, 5) is 16.3. The van der Waals surface area contributed by atoms with Crippen LogP contribution in [0.25, 0.3) is 0 Å². The van der Waals surface area contributed by atoms with E-state index in [0.717, 1.165) is 16.7 Å². The number of carbonyl (C=O) groups is 1. The van der Waals surface area contributed by atoms with E-state index in [9.17, 15) is 4.79 Å². The van der Waals surface area contributed by atoms with Crippen molar-refractivity contribution in [3.63, 3.8) is 0 Å². The molecule has 0 aliphatic carbocycles. The molecule has 0 unspecified atom stereocenters. The molecule has 1 rings (SSSR count). The predicted molar refractivity (Wildman–Crippen MR) is 61.5 cm³/mol. The Balaban J connectivity index is 3.32. The summed E-state index contributed by atoms with van der Waals surface area (Å²) in [5, 5.41) is 3.73. The van der Waals surface area contributed by atoms with E-state index in [1.54, 1.807) is 0 Å². The zero-order valence-corrected chi connectivity index (χ0v) is 9.90. The van der Waals surface area contributed by atoms with Gasteiger partial charge in [-0.2, -0.15) is 0 Å². The van der Waals surface area contributed by atoms with Gasteiger partial charge in [-0.3, -0.25) is 0 Å². The van der Waals surface area contributed by atoms with Gasteiger partial charge in [-0.1, -0.05) is 23.4 Å². The number of hydrogen-bond donors (Lipinski definition) is 0. The summed E-state index contributed by atoms with van der Waals surface area (Å²) in [5.74, 6) is -0.501. The smallest absolute Gasteiger partial charge is 0.360 e. The van der Waals surface area contributed by atoms with Crippen molar-refractivity contribution in [2.75, 3.05) is 14.2 Å². The Morgan fingerprint density at radius 1 is 1.19 bits per heavy atom. The standard InChI is InChI=1S/C12H15NO3/c1-8-6-5-7-9(2)10(8)11(13-16-4)12(14)15-3/h5-7H,1-4H3. The Bertz CT molecular complexity index is 404. The molecule has 1 aromatic rings. The molecular weight excluding hydrogens is 206 g/mol. The normalized spacial score (nSPS) is 11.1. The van der Waals surface area contributed by atoms with Crippen molar-refractivity contribution in [1.82, 2.24) is 0 Å². The third kappa shape index (κ3) is 2.39. The first-order chi connectivity index (χ1) is 7.61. The number of aryl methyl sites for hydroxylation is 2. The molecule has 0 heterocycles. The summed E-state index contributed by atoms with van der Waals surface area (Å²) in [5.41, 5.74) is 2.87. The van der Waals surface area contributed by atoms with Crippen molar-refractivity contribution in [3.05, 3.63) is 34.9 Å². The monoisotopic (exact) mass is 221 g/mol. The first kappa shape index (κ1) is 12.2. The second-order valence-electron chi connectivity index (χ2n) is 3.38. The molecule has 0 aromatic heterocycles. The van der Waals surface area contributed by atoms with E-state index in [1.807, 2.05) is 32.0 Å². The summed E-state index contributed by atoms with van der Waals surface area (Å²) < 4.78 is 4.68. The molecule has 0 saturated heterocycles. The second-order valence-corrected chi connectivity index (χ2v) is 3.38. The van der Waals surface area contributed by atoms with Crippen molar-refractivity contribution in [3.8, 4) is 0 Å². The van der Waals surface area contributed by atoms with Gasteiger partial charge in [-0.25, -0.2) is 4.79 Å². The van der Waals surface area contributed by atoms with E-state index in [1.165, 1.54) is 14.2 Å². The van der Waals surface area contributed by atoms with Gasteiger partial charge in [0.2, 0.25) is 0 Å². The van der Waals surface area contributed by atoms with Gasteiger partial charge in [0, 0.05) is 5.56 Å². The fourth-order valence-electron chi connectivity index (χ4n) is 1.56. The second kappa shape index (κ2) is 5.30. The average Bonchev–Trinajstić information content (AvgIpc) is 2.26. The van der Waals surface area contributed by atoms with Crippen LogP contribution in [0.15, 0.2) is 23.4 Å². The Hall–Kier alpha value is -1.84. The lowest BCUT2D eigenvalue weighted by molar-refractivity contribution is -0.132. The fraction of sp³-hybridized carbons (Fsp3) is 0.333. The molecule has 0 atom stereocenters. The van der Waals surface area contributed by atoms with E-state index >= 15 is 0 Å². The molecule has 0 aliphatic rings. The number of esters is 1. The van der Waals surface area contributed by atoms with Gasteiger partial charge in [0.1, 0.15) is 7.11 Å². The van der Waals surface area contributed by atoms with Crippen LogP contribution in [0, 0.1) is 13.8 Å². The highest BCUT2D eigenvalue weighted by atomic mass is 16.6. The number of rotatable bonds is 3. The van der Waals surface area contributed by atoms with E-state index < -0.39 is 5.97 Å². The topological polar surface area (TPSA) is 47.9 Å².